The molecule has 0 radical (unpaired) electrons. The van der Waals surface area contributed by atoms with Crippen LogP contribution in [-0.2, 0) is 9.53 Å². The van der Waals surface area contributed by atoms with Crippen LogP contribution >= 0.6 is 0 Å². The average molecular weight is 210 g/mol. The van der Waals surface area contributed by atoms with E-state index in [-0.39, 0.29) is 24.5 Å². The number of hydrogen-bond acceptors (Lipinski definition) is 3. The summed E-state index contributed by atoms with van der Waals surface area (Å²) in [5.41, 5.74) is 5.60. The lowest BCUT2D eigenvalue weighted by Crippen LogP contribution is -2.48. The second kappa shape index (κ2) is 5.74. The SMILES string of the molecule is C#CCC(N)C(=O)NC1CCCC1OC. The normalized spacial score (nSPS) is 27.0. The molecule has 3 atom stereocenters. The third-order valence-electron chi connectivity index (χ3n) is 2.76. The second-order valence-electron chi connectivity index (χ2n) is 3.83. The Kier molecular flexibility index (Phi) is 4.60. The van der Waals surface area contributed by atoms with Crippen molar-refractivity contribution < 1.29 is 9.53 Å². The fourth-order valence-corrected chi connectivity index (χ4v) is 1.88. The third-order valence-corrected chi connectivity index (χ3v) is 2.76. The number of nitrogens with two attached hydrogens (primary N) is 1. The van der Waals surface area contributed by atoms with Gasteiger partial charge in [0.2, 0.25) is 5.91 Å². The van der Waals surface area contributed by atoms with Crippen LogP contribution in [0, 0.1) is 12.3 Å². The predicted octanol–water partition coefficient (Wildman–Crippen LogP) is 0.0207. The van der Waals surface area contributed by atoms with Gasteiger partial charge in [-0.2, -0.15) is 0 Å². The van der Waals surface area contributed by atoms with Gasteiger partial charge in [0.25, 0.3) is 0 Å². The van der Waals surface area contributed by atoms with Crippen LogP contribution in [0.4, 0.5) is 0 Å². The summed E-state index contributed by atoms with van der Waals surface area (Å²) < 4.78 is 5.27. The highest BCUT2D eigenvalue weighted by Gasteiger charge is 2.29. The highest BCUT2D eigenvalue weighted by molar-refractivity contribution is 5.82. The van der Waals surface area contributed by atoms with E-state index < -0.39 is 6.04 Å². The van der Waals surface area contributed by atoms with E-state index >= 15 is 0 Å². The van der Waals surface area contributed by atoms with Gasteiger partial charge >= 0.3 is 0 Å². The molecule has 0 saturated heterocycles. The minimum atomic E-state index is -0.604. The molecule has 4 heteroatoms. The van der Waals surface area contributed by atoms with E-state index in [1.54, 1.807) is 7.11 Å². The zero-order chi connectivity index (χ0) is 11.3. The lowest BCUT2D eigenvalue weighted by atomic mass is 10.1. The number of nitrogens with one attached hydrogen (secondary N) is 1. The summed E-state index contributed by atoms with van der Waals surface area (Å²) in [6, 6.07) is -0.514. The molecule has 3 unspecified atom stereocenters. The van der Waals surface area contributed by atoms with E-state index in [1.807, 2.05) is 0 Å². The molecule has 1 rings (SSSR count). The number of amides is 1. The minimum absolute atomic E-state index is 0.0892. The van der Waals surface area contributed by atoms with Crippen LogP contribution in [-0.4, -0.2) is 31.2 Å². The molecule has 0 aromatic rings. The van der Waals surface area contributed by atoms with Crippen molar-refractivity contribution in [3.8, 4) is 12.3 Å². The Morgan fingerprint density at radius 3 is 3.07 bits per heavy atom. The first-order valence-corrected chi connectivity index (χ1v) is 5.21. The molecule has 84 valence electrons. The van der Waals surface area contributed by atoms with Gasteiger partial charge in [-0.1, -0.05) is 0 Å². The molecular weight excluding hydrogens is 192 g/mol. The maximum absolute atomic E-state index is 11.6. The van der Waals surface area contributed by atoms with Crippen molar-refractivity contribution in [1.29, 1.82) is 0 Å². The van der Waals surface area contributed by atoms with Crippen LogP contribution in [0.3, 0.4) is 0 Å². The Hall–Kier alpha value is -1.05. The summed E-state index contributed by atoms with van der Waals surface area (Å²) in [5, 5.41) is 2.88. The van der Waals surface area contributed by atoms with Crippen LogP contribution < -0.4 is 11.1 Å². The van der Waals surface area contributed by atoms with Crippen molar-refractivity contribution in [2.45, 2.75) is 43.9 Å². The second-order valence-corrected chi connectivity index (χ2v) is 3.83. The minimum Gasteiger partial charge on any atom is -0.379 e. The van der Waals surface area contributed by atoms with Gasteiger partial charge in [-0.05, 0) is 19.3 Å². The van der Waals surface area contributed by atoms with E-state index in [0.717, 1.165) is 19.3 Å². The first-order chi connectivity index (χ1) is 7.19. The molecule has 0 spiro atoms. The fourth-order valence-electron chi connectivity index (χ4n) is 1.88. The van der Waals surface area contributed by atoms with Gasteiger partial charge in [-0.3, -0.25) is 4.79 Å². The van der Waals surface area contributed by atoms with Gasteiger partial charge in [0.1, 0.15) is 0 Å². The first-order valence-electron chi connectivity index (χ1n) is 5.21. The molecule has 0 heterocycles. The molecule has 4 nitrogen and oxygen atoms in total. The van der Waals surface area contributed by atoms with Crippen LogP contribution in [0.25, 0.3) is 0 Å². The molecule has 15 heavy (non-hydrogen) atoms. The summed E-state index contributed by atoms with van der Waals surface area (Å²) in [6.07, 6.45) is 8.51. The van der Waals surface area contributed by atoms with Crippen LogP contribution in [0.1, 0.15) is 25.7 Å². The van der Waals surface area contributed by atoms with Gasteiger partial charge in [-0.15, -0.1) is 12.3 Å². The van der Waals surface area contributed by atoms with E-state index in [1.165, 1.54) is 0 Å². The van der Waals surface area contributed by atoms with E-state index in [2.05, 4.69) is 11.2 Å². The molecule has 3 N–H and O–H groups in total. The van der Waals surface area contributed by atoms with Gasteiger partial charge in [0, 0.05) is 13.5 Å². The molecule has 1 aliphatic carbocycles. The maximum atomic E-state index is 11.6. The van der Waals surface area contributed by atoms with Crippen LogP contribution in [0.2, 0.25) is 0 Å². The summed E-state index contributed by atoms with van der Waals surface area (Å²) >= 11 is 0. The Balaban J connectivity index is 2.40. The van der Waals surface area contributed by atoms with Gasteiger partial charge in [-0.25, -0.2) is 0 Å². The Morgan fingerprint density at radius 2 is 2.47 bits per heavy atom. The van der Waals surface area contributed by atoms with Crippen molar-refractivity contribution >= 4 is 5.91 Å². The van der Waals surface area contributed by atoms with Crippen molar-refractivity contribution in [3.63, 3.8) is 0 Å². The number of ether oxygens (including phenoxy) is 1. The maximum Gasteiger partial charge on any atom is 0.238 e. The Labute approximate surface area is 90.5 Å². The lowest BCUT2D eigenvalue weighted by molar-refractivity contribution is -0.123. The molecule has 0 aromatic heterocycles. The van der Waals surface area contributed by atoms with Crippen molar-refractivity contribution in [2.75, 3.05) is 7.11 Å². The molecule has 0 aromatic carbocycles. The number of methoxy groups -OCH3 is 1. The van der Waals surface area contributed by atoms with Crippen molar-refractivity contribution in [3.05, 3.63) is 0 Å². The summed E-state index contributed by atoms with van der Waals surface area (Å²) in [5.74, 6) is 2.20. The standard InChI is InChI=1S/C11H18N2O2/c1-3-5-8(12)11(14)13-9-6-4-7-10(9)15-2/h1,8-10H,4-7,12H2,2H3,(H,13,14). The lowest BCUT2D eigenvalue weighted by Gasteiger charge is -2.21. The largest absolute Gasteiger partial charge is 0.379 e. The first kappa shape index (κ1) is 12.0. The number of carbonyl (C=O) groups excluding carboxylic acids is 1. The van der Waals surface area contributed by atoms with Crippen molar-refractivity contribution in [2.24, 2.45) is 5.73 Å². The molecule has 1 aliphatic rings. The molecule has 0 aliphatic heterocycles. The summed E-state index contributed by atoms with van der Waals surface area (Å²) in [6.45, 7) is 0. The zero-order valence-corrected chi connectivity index (χ0v) is 9.03. The topological polar surface area (TPSA) is 64.4 Å². The predicted molar refractivity (Wildman–Crippen MR) is 58.0 cm³/mol. The monoisotopic (exact) mass is 210 g/mol. The summed E-state index contributed by atoms with van der Waals surface area (Å²) in [7, 11) is 1.66. The molecule has 1 saturated carbocycles. The number of carbonyl (C=O) groups is 1. The zero-order valence-electron chi connectivity index (χ0n) is 9.03. The number of rotatable bonds is 4. The smallest absolute Gasteiger partial charge is 0.238 e. The van der Waals surface area contributed by atoms with E-state index in [4.69, 9.17) is 16.9 Å². The molecular formula is C11H18N2O2. The molecule has 0 bridgehead atoms. The van der Waals surface area contributed by atoms with E-state index in [0.29, 0.717) is 0 Å². The van der Waals surface area contributed by atoms with Gasteiger partial charge < -0.3 is 15.8 Å². The highest BCUT2D eigenvalue weighted by Crippen LogP contribution is 2.21. The Bertz CT molecular complexity index is 260. The number of hydrogen-bond donors (Lipinski definition) is 2. The highest BCUT2D eigenvalue weighted by atomic mass is 16.5. The molecule has 1 fully saturated rings. The average Bonchev–Trinajstić information content (AvgIpc) is 2.65. The van der Waals surface area contributed by atoms with Crippen LogP contribution in [0.5, 0.6) is 0 Å². The Morgan fingerprint density at radius 1 is 1.73 bits per heavy atom. The van der Waals surface area contributed by atoms with Gasteiger partial charge in [0.05, 0.1) is 18.2 Å². The van der Waals surface area contributed by atoms with Gasteiger partial charge in [0.15, 0.2) is 0 Å². The summed E-state index contributed by atoms with van der Waals surface area (Å²) in [4.78, 5) is 11.6. The van der Waals surface area contributed by atoms with Crippen molar-refractivity contribution in [1.82, 2.24) is 5.32 Å². The quantitative estimate of drug-likeness (QED) is 0.643. The van der Waals surface area contributed by atoms with E-state index in [9.17, 15) is 4.79 Å². The third kappa shape index (κ3) is 3.22. The van der Waals surface area contributed by atoms with Crippen LogP contribution in [0.15, 0.2) is 0 Å². The fraction of sp³-hybridized carbons (Fsp3) is 0.727. The number of terminal acetylenes is 1. The molecule has 1 amide bonds.